The first kappa shape index (κ1) is 14.0. The molecule has 1 saturated carbocycles. The highest BCUT2D eigenvalue weighted by Gasteiger charge is 2.39. The Hall–Kier alpha value is -1.99. The van der Waals surface area contributed by atoms with E-state index >= 15 is 0 Å². The van der Waals surface area contributed by atoms with Crippen molar-refractivity contribution < 1.29 is 8.42 Å². The molecule has 1 aliphatic rings. The minimum absolute atomic E-state index is 0.0252. The third-order valence-electron chi connectivity index (χ3n) is 3.42. The van der Waals surface area contributed by atoms with Crippen LogP contribution in [0.3, 0.4) is 0 Å². The van der Waals surface area contributed by atoms with Crippen molar-refractivity contribution in [3.63, 3.8) is 0 Å². The Bertz CT molecular complexity index is 782. The molecule has 6 nitrogen and oxygen atoms in total. The number of aromatic nitrogens is 2. The molecule has 0 amide bonds. The average Bonchev–Trinajstić information content (AvgIpc) is 3.30. The van der Waals surface area contributed by atoms with Gasteiger partial charge in [-0.05, 0) is 30.5 Å². The van der Waals surface area contributed by atoms with E-state index in [9.17, 15) is 13.2 Å². The summed E-state index contributed by atoms with van der Waals surface area (Å²) in [6.45, 7) is 0.254. The summed E-state index contributed by atoms with van der Waals surface area (Å²) >= 11 is 0. The Kier molecular flexibility index (Phi) is 3.60. The number of nitrogens with zero attached hydrogens (tertiary/aromatic N) is 2. The number of H-pyrrole nitrogens is 1. The Morgan fingerprint density at radius 3 is 2.57 bits per heavy atom. The van der Waals surface area contributed by atoms with Crippen LogP contribution in [0.1, 0.15) is 18.4 Å². The summed E-state index contributed by atoms with van der Waals surface area (Å²) in [6, 6.07) is 4.76. The van der Waals surface area contributed by atoms with Gasteiger partial charge in [-0.3, -0.25) is 9.78 Å². The first-order valence-electron chi connectivity index (χ1n) is 6.67. The van der Waals surface area contributed by atoms with Crippen molar-refractivity contribution in [3.05, 3.63) is 58.8 Å². The van der Waals surface area contributed by atoms with Gasteiger partial charge in [0.1, 0.15) is 4.90 Å². The molecule has 2 aromatic rings. The molecule has 2 heterocycles. The molecule has 3 rings (SSSR count). The van der Waals surface area contributed by atoms with Crippen molar-refractivity contribution in [1.82, 2.24) is 14.3 Å². The van der Waals surface area contributed by atoms with Gasteiger partial charge in [0.15, 0.2) is 0 Å². The zero-order valence-electron chi connectivity index (χ0n) is 11.3. The monoisotopic (exact) mass is 305 g/mol. The fourth-order valence-corrected chi connectivity index (χ4v) is 3.88. The van der Waals surface area contributed by atoms with Gasteiger partial charge in [0, 0.05) is 43.4 Å². The van der Waals surface area contributed by atoms with Gasteiger partial charge in [-0.15, -0.1) is 0 Å². The third kappa shape index (κ3) is 2.88. The summed E-state index contributed by atoms with van der Waals surface area (Å²) in [5, 5.41) is 0. The topological polar surface area (TPSA) is 83.1 Å². The second kappa shape index (κ2) is 5.42. The van der Waals surface area contributed by atoms with Crippen molar-refractivity contribution in [2.45, 2.75) is 30.3 Å². The van der Waals surface area contributed by atoms with E-state index in [-0.39, 0.29) is 17.5 Å². The van der Waals surface area contributed by atoms with E-state index in [1.165, 1.54) is 22.8 Å². The van der Waals surface area contributed by atoms with Crippen LogP contribution in [0.5, 0.6) is 0 Å². The summed E-state index contributed by atoms with van der Waals surface area (Å²) in [4.78, 5) is 18.2. The number of hydrogen-bond donors (Lipinski definition) is 1. The molecule has 0 bridgehead atoms. The lowest BCUT2D eigenvalue weighted by Gasteiger charge is -2.21. The summed E-state index contributed by atoms with van der Waals surface area (Å²) in [5.74, 6) is 0. The van der Waals surface area contributed by atoms with Crippen LogP contribution in [-0.2, 0) is 16.6 Å². The SMILES string of the molecule is O=c1cc[nH]cc1S(=O)(=O)N(Cc1ccncc1)C1CC1. The molecule has 0 atom stereocenters. The molecule has 1 fully saturated rings. The quantitative estimate of drug-likeness (QED) is 0.897. The minimum atomic E-state index is -3.80. The van der Waals surface area contributed by atoms with E-state index in [1.54, 1.807) is 24.5 Å². The number of nitrogens with one attached hydrogen (secondary N) is 1. The summed E-state index contributed by atoms with van der Waals surface area (Å²) in [5.41, 5.74) is 0.363. The minimum Gasteiger partial charge on any atom is -0.366 e. The van der Waals surface area contributed by atoms with Crippen molar-refractivity contribution in [2.75, 3.05) is 0 Å². The first-order valence-corrected chi connectivity index (χ1v) is 8.11. The number of aromatic amines is 1. The first-order chi connectivity index (χ1) is 10.1. The molecule has 21 heavy (non-hydrogen) atoms. The number of rotatable bonds is 5. The maximum Gasteiger partial charge on any atom is 0.248 e. The van der Waals surface area contributed by atoms with Gasteiger partial charge < -0.3 is 4.98 Å². The molecule has 0 radical (unpaired) electrons. The molecular weight excluding hydrogens is 290 g/mol. The standard InChI is InChI=1S/C14H15N3O3S/c18-13-5-8-16-9-14(13)21(19,20)17(12-1-2-12)10-11-3-6-15-7-4-11/h3-9,12H,1-2,10H2,(H,16,18). The summed E-state index contributed by atoms with van der Waals surface area (Å²) < 4.78 is 26.9. The van der Waals surface area contributed by atoms with Gasteiger partial charge >= 0.3 is 0 Å². The highest BCUT2D eigenvalue weighted by molar-refractivity contribution is 7.89. The van der Waals surface area contributed by atoms with Crippen LogP contribution in [0.2, 0.25) is 0 Å². The number of sulfonamides is 1. The molecule has 2 aromatic heterocycles. The van der Waals surface area contributed by atoms with E-state index in [0.717, 1.165) is 18.4 Å². The number of pyridine rings is 2. The second-order valence-corrected chi connectivity index (χ2v) is 6.87. The van der Waals surface area contributed by atoms with Crippen molar-refractivity contribution in [2.24, 2.45) is 0 Å². The maximum atomic E-state index is 12.7. The lowest BCUT2D eigenvalue weighted by atomic mass is 10.3. The predicted molar refractivity (Wildman–Crippen MR) is 77.1 cm³/mol. The molecule has 1 aliphatic carbocycles. The molecule has 7 heteroatoms. The maximum absolute atomic E-state index is 12.7. The van der Waals surface area contributed by atoms with Crippen LogP contribution >= 0.6 is 0 Å². The summed E-state index contributed by atoms with van der Waals surface area (Å²) in [7, 11) is -3.80. The van der Waals surface area contributed by atoms with Crippen LogP contribution in [0.4, 0.5) is 0 Å². The normalized spacial score (nSPS) is 15.3. The van der Waals surface area contributed by atoms with Crippen molar-refractivity contribution >= 4 is 10.0 Å². The third-order valence-corrected chi connectivity index (χ3v) is 5.34. The fraction of sp³-hybridized carbons (Fsp3) is 0.286. The molecule has 0 aromatic carbocycles. The molecular formula is C14H15N3O3S. The highest BCUT2D eigenvalue weighted by Crippen LogP contribution is 2.32. The van der Waals surface area contributed by atoms with Gasteiger partial charge in [0.25, 0.3) is 0 Å². The van der Waals surface area contributed by atoms with Crippen LogP contribution in [0, 0.1) is 0 Å². The Morgan fingerprint density at radius 2 is 1.95 bits per heavy atom. The smallest absolute Gasteiger partial charge is 0.248 e. The molecule has 110 valence electrons. The number of hydrogen-bond acceptors (Lipinski definition) is 4. The van der Waals surface area contributed by atoms with Crippen molar-refractivity contribution in [1.29, 1.82) is 0 Å². The van der Waals surface area contributed by atoms with Crippen molar-refractivity contribution in [3.8, 4) is 0 Å². The molecule has 1 N–H and O–H groups in total. The van der Waals surface area contributed by atoms with E-state index in [1.807, 2.05) is 0 Å². The van der Waals surface area contributed by atoms with Crippen LogP contribution in [-0.4, -0.2) is 28.7 Å². The largest absolute Gasteiger partial charge is 0.366 e. The van der Waals surface area contributed by atoms with Gasteiger partial charge in [-0.2, -0.15) is 4.31 Å². The van der Waals surface area contributed by atoms with Crippen LogP contribution in [0.15, 0.2) is 52.7 Å². The Balaban J connectivity index is 1.98. The summed E-state index contributed by atoms with van der Waals surface area (Å²) in [6.07, 6.45) is 7.58. The molecule has 0 unspecified atom stereocenters. The molecule has 0 saturated heterocycles. The second-order valence-electron chi connectivity index (χ2n) is 5.01. The van der Waals surface area contributed by atoms with E-state index in [2.05, 4.69) is 9.97 Å². The Labute approximate surface area is 122 Å². The lowest BCUT2D eigenvalue weighted by molar-refractivity contribution is 0.398. The van der Waals surface area contributed by atoms with Crippen LogP contribution in [0.25, 0.3) is 0 Å². The molecule has 0 aliphatic heterocycles. The lowest BCUT2D eigenvalue weighted by Crippen LogP contribution is -2.35. The zero-order chi connectivity index (χ0) is 14.9. The Morgan fingerprint density at radius 1 is 1.24 bits per heavy atom. The van der Waals surface area contributed by atoms with E-state index < -0.39 is 15.5 Å². The van der Waals surface area contributed by atoms with Gasteiger partial charge in [-0.25, -0.2) is 8.42 Å². The van der Waals surface area contributed by atoms with Crippen LogP contribution < -0.4 is 5.43 Å². The van der Waals surface area contributed by atoms with E-state index in [4.69, 9.17) is 0 Å². The molecule has 0 spiro atoms. The fourth-order valence-electron chi connectivity index (χ4n) is 2.17. The predicted octanol–water partition coefficient (Wildman–Crippen LogP) is 1.12. The van der Waals surface area contributed by atoms with Gasteiger partial charge in [0.05, 0.1) is 0 Å². The van der Waals surface area contributed by atoms with E-state index in [0.29, 0.717) is 0 Å². The van der Waals surface area contributed by atoms with Gasteiger partial charge in [0.2, 0.25) is 15.5 Å². The van der Waals surface area contributed by atoms with Gasteiger partial charge in [-0.1, -0.05) is 0 Å². The zero-order valence-corrected chi connectivity index (χ0v) is 12.1. The highest BCUT2D eigenvalue weighted by atomic mass is 32.2. The average molecular weight is 305 g/mol.